The molecule has 2 bridgehead atoms. The van der Waals surface area contributed by atoms with Crippen molar-refractivity contribution >= 4 is 46.6 Å². The van der Waals surface area contributed by atoms with E-state index in [1.807, 2.05) is 55.5 Å². The van der Waals surface area contributed by atoms with Gasteiger partial charge in [0.25, 0.3) is 0 Å². The fourth-order valence-corrected chi connectivity index (χ4v) is 7.16. The van der Waals surface area contributed by atoms with Gasteiger partial charge in [-0.05, 0) is 41.3 Å². The van der Waals surface area contributed by atoms with Crippen molar-refractivity contribution in [1.82, 2.24) is 4.90 Å². The number of nitrogens with zero attached hydrogens (tertiary/aromatic N) is 1. The maximum atomic E-state index is 13.8. The lowest BCUT2D eigenvalue weighted by Gasteiger charge is -2.54. The number of carbonyl (C=O) groups is 3. The maximum absolute atomic E-state index is 13.8. The van der Waals surface area contributed by atoms with Gasteiger partial charge in [0.2, 0.25) is 17.7 Å². The number of halogens is 2. The normalized spacial score (nSPS) is 27.4. The van der Waals surface area contributed by atoms with Crippen LogP contribution < -0.4 is 10.1 Å². The van der Waals surface area contributed by atoms with Gasteiger partial charge in [-0.2, -0.15) is 0 Å². The van der Waals surface area contributed by atoms with E-state index >= 15 is 0 Å². The average Bonchev–Trinajstić information content (AvgIpc) is 3.14. The summed E-state index contributed by atoms with van der Waals surface area (Å²) in [6, 6.07) is 21.9. The fourth-order valence-electron chi connectivity index (χ4n) is 6.07. The lowest BCUT2D eigenvalue weighted by Crippen LogP contribution is -2.57. The Bertz CT molecular complexity index is 1320. The van der Waals surface area contributed by atoms with Crippen LogP contribution in [0.2, 0.25) is 0 Å². The number of amides is 3. The predicted molar refractivity (Wildman–Crippen MR) is 136 cm³/mol. The Morgan fingerprint density at radius 2 is 1.28 bits per heavy atom. The van der Waals surface area contributed by atoms with Crippen LogP contribution in [0, 0.1) is 11.8 Å². The maximum Gasteiger partial charge on any atom is 0.244 e. The third-order valence-corrected chi connectivity index (χ3v) is 8.72. The standard InChI is InChI=1S/C28H22Cl2N2O4/c1-2-36-21-14-8-7-13-20(21)31-22(33)15-32-25(34)23-24(26(32)35)28(30)17-10-4-3-9-16(17)27(23,29)18-11-5-6-12-19(18)28/h3-14,23-24H,2,15H2,1H3,(H,31,33)/t23-,24-,27?,28?/m0/s1. The Balaban J connectivity index is 1.39. The van der Waals surface area contributed by atoms with Crippen molar-refractivity contribution in [2.75, 3.05) is 18.5 Å². The summed E-state index contributed by atoms with van der Waals surface area (Å²) in [5.41, 5.74) is 3.35. The highest BCUT2D eigenvalue weighted by Crippen LogP contribution is 2.69. The lowest BCUT2D eigenvalue weighted by molar-refractivity contribution is -0.142. The fraction of sp³-hybridized carbons (Fsp3) is 0.250. The molecule has 1 N–H and O–H groups in total. The van der Waals surface area contributed by atoms with Gasteiger partial charge in [-0.25, -0.2) is 0 Å². The number of hydrogen-bond acceptors (Lipinski definition) is 4. The summed E-state index contributed by atoms with van der Waals surface area (Å²) in [6.07, 6.45) is 0. The van der Waals surface area contributed by atoms with Crippen molar-refractivity contribution in [2.45, 2.75) is 16.7 Å². The van der Waals surface area contributed by atoms with Crippen LogP contribution in [0.5, 0.6) is 5.75 Å². The molecule has 0 saturated carbocycles. The number of alkyl halides is 2. The molecule has 7 rings (SSSR count). The molecule has 1 saturated heterocycles. The minimum atomic E-state index is -1.27. The minimum Gasteiger partial charge on any atom is -0.492 e. The van der Waals surface area contributed by atoms with E-state index in [4.69, 9.17) is 27.9 Å². The van der Waals surface area contributed by atoms with E-state index in [-0.39, 0.29) is 0 Å². The zero-order valence-electron chi connectivity index (χ0n) is 19.3. The van der Waals surface area contributed by atoms with Crippen molar-refractivity contribution in [3.63, 3.8) is 0 Å². The Labute approximate surface area is 218 Å². The van der Waals surface area contributed by atoms with Gasteiger partial charge in [-0.3, -0.25) is 19.3 Å². The molecule has 0 radical (unpaired) electrons. The average molecular weight is 521 g/mol. The van der Waals surface area contributed by atoms with Crippen LogP contribution in [0.1, 0.15) is 29.2 Å². The predicted octanol–water partition coefficient (Wildman–Crippen LogP) is 4.62. The number of likely N-dealkylation sites (tertiary alicyclic amines) is 1. The minimum absolute atomic E-state index is 0.427. The highest BCUT2D eigenvalue weighted by Gasteiger charge is 2.73. The Morgan fingerprint density at radius 3 is 1.75 bits per heavy atom. The Kier molecular flexibility index (Phi) is 5.18. The summed E-state index contributed by atoms with van der Waals surface area (Å²) in [6.45, 7) is 1.82. The molecular weight excluding hydrogens is 499 g/mol. The van der Waals surface area contributed by atoms with Gasteiger partial charge in [0.15, 0.2) is 0 Å². The number of anilines is 1. The Morgan fingerprint density at radius 1 is 0.833 bits per heavy atom. The second kappa shape index (κ2) is 8.08. The van der Waals surface area contributed by atoms with E-state index in [1.54, 1.807) is 24.3 Å². The highest BCUT2D eigenvalue weighted by atomic mass is 35.5. The molecule has 6 nitrogen and oxygen atoms in total. The molecule has 3 amide bonds. The van der Waals surface area contributed by atoms with Gasteiger partial charge < -0.3 is 10.1 Å². The number of benzene rings is 3. The van der Waals surface area contributed by atoms with E-state index in [0.717, 1.165) is 27.2 Å². The number of hydrogen-bond donors (Lipinski definition) is 1. The number of rotatable bonds is 5. The van der Waals surface area contributed by atoms with Crippen LogP contribution in [0.3, 0.4) is 0 Å². The van der Waals surface area contributed by atoms with Crippen molar-refractivity contribution in [2.24, 2.45) is 11.8 Å². The summed E-state index contributed by atoms with van der Waals surface area (Å²) in [5, 5.41) is 2.76. The molecule has 2 atom stereocenters. The third-order valence-electron chi connectivity index (χ3n) is 7.44. The zero-order chi connectivity index (χ0) is 25.2. The van der Waals surface area contributed by atoms with Gasteiger partial charge in [0, 0.05) is 0 Å². The molecular formula is C28H22Cl2N2O4. The van der Waals surface area contributed by atoms with Crippen LogP contribution in [0.25, 0.3) is 0 Å². The molecule has 4 aliphatic rings. The van der Waals surface area contributed by atoms with Crippen LogP contribution >= 0.6 is 23.2 Å². The molecule has 1 heterocycles. The first-order valence-electron chi connectivity index (χ1n) is 11.8. The van der Waals surface area contributed by atoms with E-state index in [2.05, 4.69) is 5.32 Å². The van der Waals surface area contributed by atoms with Gasteiger partial charge >= 0.3 is 0 Å². The second-order valence-electron chi connectivity index (χ2n) is 9.21. The quantitative estimate of drug-likeness (QED) is 0.393. The van der Waals surface area contributed by atoms with E-state index in [1.165, 1.54) is 0 Å². The zero-order valence-corrected chi connectivity index (χ0v) is 20.8. The SMILES string of the molecule is CCOc1ccccc1NC(=O)CN1C(=O)[C@@H]2[C@@H](C1=O)C1(Cl)c3ccccc3C2(Cl)c2ccccc21. The molecule has 3 aliphatic carbocycles. The first-order chi connectivity index (χ1) is 17.3. The summed E-state index contributed by atoms with van der Waals surface area (Å²) in [7, 11) is 0. The first-order valence-corrected chi connectivity index (χ1v) is 12.5. The van der Waals surface area contributed by atoms with E-state index in [0.29, 0.717) is 18.0 Å². The van der Waals surface area contributed by atoms with Crippen LogP contribution in [-0.2, 0) is 24.1 Å². The molecule has 3 aromatic rings. The largest absolute Gasteiger partial charge is 0.492 e. The van der Waals surface area contributed by atoms with Crippen LogP contribution in [0.15, 0.2) is 72.8 Å². The molecule has 0 unspecified atom stereocenters. The molecule has 1 aliphatic heterocycles. The summed E-state index contributed by atoms with van der Waals surface area (Å²) in [5.74, 6) is -2.87. The van der Waals surface area contributed by atoms with Gasteiger partial charge in [0.1, 0.15) is 22.0 Å². The number of nitrogens with one attached hydrogen (secondary N) is 1. The second-order valence-corrected chi connectivity index (χ2v) is 10.4. The molecule has 182 valence electrons. The van der Waals surface area contributed by atoms with Crippen molar-refractivity contribution in [3.8, 4) is 5.75 Å². The molecule has 0 spiro atoms. The Hall–Kier alpha value is -3.35. The van der Waals surface area contributed by atoms with E-state index < -0.39 is 45.9 Å². The molecule has 36 heavy (non-hydrogen) atoms. The molecule has 3 aromatic carbocycles. The molecule has 1 fully saturated rings. The summed E-state index contributed by atoms with van der Waals surface area (Å²) in [4.78, 5) is 39.1. The smallest absolute Gasteiger partial charge is 0.244 e. The van der Waals surface area contributed by atoms with Crippen LogP contribution in [-0.4, -0.2) is 35.8 Å². The number of para-hydroxylation sites is 2. The number of imide groups is 1. The molecule has 8 heteroatoms. The third kappa shape index (κ3) is 2.88. The van der Waals surface area contributed by atoms with Gasteiger partial charge in [0.05, 0.1) is 24.1 Å². The van der Waals surface area contributed by atoms with Gasteiger partial charge in [-0.15, -0.1) is 23.2 Å². The topological polar surface area (TPSA) is 75.7 Å². The number of ether oxygens (including phenoxy) is 1. The van der Waals surface area contributed by atoms with Crippen molar-refractivity contribution in [1.29, 1.82) is 0 Å². The van der Waals surface area contributed by atoms with Crippen molar-refractivity contribution < 1.29 is 19.1 Å². The highest BCUT2D eigenvalue weighted by molar-refractivity contribution is 6.36. The van der Waals surface area contributed by atoms with Crippen LogP contribution in [0.4, 0.5) is 5.69 Å². The van der Waals surface area contributed by atoms with Crippen molar-refractivity contribution in [3.05, 3.63) is 95.1 Å². The lowest BCUT2D eigenvalue weighted by atomic mass is 9.54. The molecule has 0 aromatic heterocycles. The monoisotopic (exact) mass is 520 g/mol. The number of carbonyl (C=O) groups excluding carboxylic acids is 3. The first kappa shape index (κ1) is 23.1. The van der Waals surface area contributed by atoms with E-state index in [9.17, 15) is 14.4 Å². The van der Waals surface area contributed by atoms with Gasteiger partial charge in [-0.1, -0.05) is 60.7 Å². The summed E-state index contributed by atoms with van der Waals surface area (Å²) < 4.78 is 5.56. The summed E-state index contributed by atoms with van der Waals surface area (Å²) >= 11 is 14.8.